The molecule has 11 heteroatoms. The molecule has 0 saturated heterocycles. The maximum absolute atomic E-state index is 14.5. The van der Waals surface area contributed by atoms with Gasteiger partial charge in [0.05, 0.1) is 15.1 Å². The van der Waals surface area contributed by atoms with Gasteiger partial charge in [0.1, 0.15) is 11.4 Å². The number of aromatic nitrogens is 4. The normalized spacial score (nSPS) is 14.4. The highest BCUT2D eigenvalue weighted by atomic mass is 19.1. The molecule has 5 rings (SSSR count). The van der Waals surface area contributed by atoms with Gasteiger partial charge in [0.2, 0.25) is 11.8 Å². The zero-order valence-corrected chi connectivity index (χ0v) is 18.7. The number of carbonyl (C=O) groups is 1. The van der Waals surface area contributed by atoms with Crippen LogP contribution in [0.4, 0.5) is 14.7 Å². The quantitative estimate of drug-likeness (QED) is 0.396. The summed E-state index contributed by atoms with van der Waals surface area (Å²) < 4.78 is 49.1. The van der Waals surface area contributed by atoms with E-state index in [1.165, 1.54) is 23.9 Å². The van der Waals surface area contributed by atoms with Gasteiger partial charge in [0.25, 0.3) is 5.91 Å². The molecule has 35 heavy (non-hydrogen) atoms. The molecule has 3 heterocycles. The van der Waals surface area contributed by atoms with Gasteiger partial charge in [-0.05, 0) is 48.6 Å². The lowest BCUT2D eigenvalue weighted by Crippen LogP contribution is -2.24. The first-order chi connectivity index (χ1) is 17.3. The summed E-state index contributed by atoms with van der Waals surface area (Å²) >= 11 is 0. The van der Waals surface area contributed by atoms with Crippen molar-refractivity contribution in [3.05, 3.63) is 65.5 Å². The van der Waals surface area contributed by atoms with E-state index >= 15 is 0 Å². The molecule has 0 bridgehead atoms. The zero-order chi connectivity index (χ0) is 25.4. The largest absolute Gasteiger partial charge is 0.490 e. The molecule has 4 aromatic rings. The van der Waals surface area contributed by atoms with Gasteiger partial charge >= 0.3 is 0 Å². The smallest absolute Gasteiger partial charge is 0.257 e. The highest BCUT2D eigenvalue weighted by molar-refractivity contribution is 5.97. The lowest BCUT2D eigenvalue weighted by molar-refractivity contribution is 0.0946. The first kappa shape index (κ1) is 21.3. The van der Waals surface area contributed by atoms with E-state index in [0.717, 1.165) is 18.9 Å². The predicted molar refractivity (Wildman–Crippen MR) is 123 cm³/mol. The Morgan fingerprint density at radius 3 is 2.89 bits per heavy atom. The van der Waals surface area contributed by atoms with E-state index in [1.807, 2.05) is 0 Å². The van der Waals surface area contributed by atoms with Gasteiger partial charge in [-0.25, -0.2) is 18.3 Å². The Balaban J connectivity index is 1.43. The number of nitrogen functional groups attached to an aromatic ring is 1. The second kappa shape index (κ2) is 9.16. The van der Waals surface area contributed by atoms with Crippen molar-refractivity contribution in [2.75, 3.05) is 19.5 Å². The number of methoxy groups -OCH3 is 1. The third-order valence-corrected chi connectivity index (χ3v) is 5.53. The fraction of sp³-hybridized carbons (Fsp3) is 0.250. The maximum Gasteiger partial charge on any atom is 0.257 e. The molecular formula is C24H22F2N6O3. The summed E-state index contributed by atoms with van der Waals surface area (Å²) in [5.74, 6) is -2.31. The number of amides is 1. The van der Waals surface area contributed by atoms with Crippen LogP contribution in [0, 0.1) is 17.6 Å². The average Bonchev–Trinajstić information content (AvgIpc) is 3.60. The molecule has 3 aromatic heterocycles. The first-order valence-electron chi connectivity index (χ1n) is 11.4. The maximum atomic E-state index is 14.5. The Bertz CT molecular complexity index is 1460. The molecule has 1 aromatic carbocycles. The molecule has 3 N–H and O–H groups in total. The van der Waals surface area contributed by atoms with E-state index < -0.39 is 24.1 Å². The number of halogens is 2. The van der Waals surface area contributed by atoms with Crippen molar-refractivity contribution in [3.63, 3.8) is 0 Å². The molecule has 1 aliphatic rings. The number of rotatable bonds is 8. The Morgan fingerprint density at radius 1 is 1.29 bits per heavy atom. The van der Waals surface area contributed by atoms with Crippen LogP contribution in [0.2, 0.25) is 0 Å². The Morgan fingerprint density at radius 2 is 2.11 bits per heavy atom. The van der Waals surface area contributed by atoms with E-state index in [0.29, 0.717) is 28.8 Å². The summed E-state index contributed by atoms with van der Waals surface area (Å²) in [5.41, 5.74) is 7.31. The van der Waals surface area contributed by atoms with Crippen LogP contribution in [0.15, 0.2) is 42.7 Å². The summed E-state index contributed by atoms with van der Waals surface area (Å²) in [6, 6.07) is 6.68. The summed E-state index contributed by atoms with van der Waals surface area (Å²) in [6.45, 7) is -1.25. The molecule has 1 atom stereocenters. The predicted octanol–water partition coefficient (Wildman–Crippen LogP) is 3.38. The standard InChI is InChI=1S/C24H22F2N6O3/c1-34-23-18(7-15(10-29-23)14-4-5-32-20(8-14)30-24(27)31-32)22(33)28-11-16-6-17(25)9-19(26)21(16)35-12-13-2-3-13/h4-10,13H,2-3,11-12H2,1H3,(H2,27,31)(H,28,33)/i11D. The Labute approximate surface area is 200 Å². The summed E-state index contributed by atoms with van der Waals surface area (Å²) in [5, 5.41) is 6.48. The number of nitrogens with two attached hydrogens (primary N) is 1. The lowest BCUT2D eigenvalue weighted by Gasteiger charge is -2.14. The minimum Gasteiger partial charge on any atom is -0.490 e. The van der Waals surface area contributed by atoms with Crippen LogP contribution >= 0.6 is 0 Å². The molecule has 1 unspecified atom stereocenters. The summed E-state index contributed by atoms with van der Waals surface area (Å²) in [6.07, 6.45) is 5.13. The van der Waals surface area contributed by atoms with E-state index in [-0.39, 0.29) is 35.3 Å². The van der Waals surface area contributed by atoms with E-state index in [4.69, 9.17) is 16.6 Å². The number of fused-ring (bicyclic) bond motifs is 1. The molecular weight excluding hydrogens is 458 g/mol. The van der Waals surface area contributed by atoms with Gasteiger partial charge in [-0.15, -0.1) is 5.10 Å². The van der Waals surface area contributed by atoms with Crippen molar-refractivity contribution < 1.29 is 24.4 Å². The van der Waals surface area contributed by atoms with Gasteiger partial charge in [-0.1, -0.05) is 0 Å². The second-order valence-electron chi connectivity index (χ2n) is 8.15. The van der Waals surface area contributed by atoms with Crippen molar-refractivity contribution in [2.24, 2.45) is 5.92 Å². The van der Waals surface area contributed by atoms with Crippen LogP contribution in [0.5, 0.6) is 11.6 Å². The van der Waals surface area contributed by atoms with Gasteiger partial charge < -0.3 is 20.5 Å². The van der Waals surface area contributed by atoms with Crippen LogP contribution < -0.4 is 20.5 Å². The molecule has 1 fully saturated rings. The third-order valence-electron chi connectivity index (χ3n) is 5.53. The van der Waals surface area contributed by atoms with Crippen LogP contribution in [0.25, 0.3) is 16.8 Å². The van der Waals surface area contributed by atoms with Gasteiger partial charge in [-0.2, -0.15) is 4.98 Å². The number of nitrogens with one attached hydrogen (secondary N) is 1. The molecule has 1 aliphatic carbocycles. The molecule has 1 saturated carbocycles. The average molecular weight is 481 g/mol. The highest BCUT2D eigenvalue weighted by Gasteiger charge is 2.24. The lowest BCUT2D eigenvalue weighted by atomic mass is 10.1. The number of benzene rings is 1. The monoisotopic (exact) mass is 481 g/mol. The van der Waals surface area contributed by atoms with Crippen LogP contribution in [0.1, 0.15) is 30.1 Å². The van der Waals surface area contributed by atoms with E-state index in [9.17, 15) is 13.6 Å². The van der Waals surface area contributed by atoms with Gasteiger partial charge in [0, 0.05) is 36.1 Å². The number of hydrogen-bond acceptors (Lipinski definition) is 7. The minimum atomic E-state index is -1.51. The Hall–Kier alpha value is -4.28. The van der Waals surface area contributed by atoms with Gasteiger partial charge in [0.15, 0.2) is 17.2 Å². The SMILES string of the molecule is [2H]C(NC(=O)c1cc(-c2ccn3nc(N)nc3c2)cnc1OC)c1cc(F)cc(F)c1OCC1CC1. The number of hydrogen-bond donors (Lipinski definition) is 2. The van der Waals surface area contributed by atoms with Crippen LogP contribution in [-0.4, -0.2) is 39.2 Å². The molecule has 0 spiro atoms. The third kappa shape index (κ3) is 4.84. The first-order valence-corrected chi connectivity index (χ1v) is 10.8. The number of ether oxygens (including phenoxy) is 2. The summed E-state index contributed by atoms with van der Waals surface area (Å²) in [7, 11) is 1.35. The van der Waals surface area contributed by atoms with E-state index in [2.05, 4.69) is 20.4 Å². The van der Waals surface area contributed by atoms with Crippen LogP contribution in [-0.2, 0) is 6.52 Å². The Kier molecular flexibility index (Phi) is 5.57. The number of nitrogens with zero attached hydrogens (tertiary/aromatic N) is 4. The molecule has 9 nitrogen and oxygen atoms in total. The zero-order valence-electron chi connectivity index (χ0n) is 19.7. The fourth-order valence-electron chi connectivity index (χ4n) is 3.56. The number of anilines is 1. The highest BCUT2D eigenvalue weighted by Crippen LogP contribution is 2.32. The van der Waals surface area contributed by atoms with Crippen molar-refractivity contribution >= 4 is 17.5 Å². The fourth-order valence-corrected chi connectivity index (χ4v) is 3.56. The van der Waals surface area contributed by atoms with Crippen molar-refractivity contribution in [1.29, 1.82) is 0 Å². The van der Waals surface area contributed by atoms with Gasteiger partial charge in [-0.3, -0.25) is 4.79 Å². The van der Waals surface area contributed by atoms with Crippen molar-refractivity contribution in [3.8, 4) is 22.8 Å². The molecule has 180 valence electrons. The van der Waals surface area contributed by atoms with Crippen molar-refractivity contribution in [2.45, 2.75) is 19.4 Å². The summed E-state index contributed by atoms with van der Waals surface area (Å²) in [4.78, 5) is 21.5. The minimum absolute atomic E-state index is 0.0203. The number of carbonyl (C=O) groups excluding carboxylic acids is 1. The topological polar surface area (TPSA) is 117 Å². The molecule has 1 amide bonds. The van der Waals surface area contributed by atoms with Crippen LogP contribution in [0.3, 0.4) is 0 Å². The van der Waals surface area contributed by atoms with E-state index in [1.54, 1.807) is 18.3 Å². The van der Waals surface area contributed by atoms with Crippen molar-refractivity contribution in [1.82, 2.24) is 24.9 Å². The second-order valence-corrected chi connectivity index (χ2v) is 8.15. The number of pyridine rings is 2. The molecule has 0 aliphatic heterocycles. The molecule has 0 radical (unpaired) electrons.